The Bertz CT molecular complexity index is 438. The topological polar surface area (TPSA) is 15.3 Å². The van der Waals surface area contributed by atoms with Crippen LogP contribution in [0, 0.1) is 12.7 Å². The first-order valence-corrected chi connectivity index (χ1v) is 6.94. The maximum Gasteiger partial charge on any atom is 0.123 e. The Labute approximate surface area is 120 Å². The molecule has 1 aromatic rings. The first-order chi connectivity index (χ1) is 8.70. The average molecular weight is 285 g/mol. The molecule has 0 amide bonds. The summed E-state index contributed by atoms with van der Waals surface area (Å²) in [5, 5.41) is 3.69. The Morgan fingerprint density at radius 1 is 1.26 bits per heavy atom. The van der Waals surface area contributed by atoms with E-state index in [2.05, 4.69) is 10.2 Å². The van der Waals surface area contributed by atoms with Gasteiger partial charge in [0.05, 0.1) is 0 Å². The lowest BCUT2D eigenvalue weighted by Gasteiger charge is -2.24. The third kappa shape index (κ3) is 3.47. The molecule has 0 spiro atoms. The zero-order valence-corrected chi connectivity index (χ0v) is 12.2. The molecule has 3 rings (SSSR count). The lowest BCUT2D eigenvalue weighted by Crippen LogP contribution is -2.35. The molecular weight excluding hydrogens is 263 g/mol. The Kier molecular flexibility index (Phi) is 4.82. The summed E-state index contributed by atoms with van der Waals surface area (Å²) in [7, 11) is 0. The van der Waals surface area contributed by atoms with Crippen LogP contribution in [-0.2, 0) is 6.54 Å². The molecule has 2 fully saturated rings. The first kappa shape index (κ1) is 14.8. The number of nitrogens with one attached hydrogen (secondary N) is 1. The van der Waals surface area contributed by atoms with Crippen LogP contribution < -0.4 is 5.32 Å². The third-order valence-electron chi connectivity index (χ3n) is 4.31. The molecule has 0 aromatic heterocycles. The molecule has 2 nitrogen and oxygen atoms in total. The van der Waals surface area contributed by atoms with Crippen molar-refractivity contribution in [3.63, 3.8) is 0 Å². The van der Waals surface area contributed by atoms with Crippen LogP contribution in [0.1, 0.15) is 30.4 Å². The zero-order chi connectivity index (χ0) is 12.5. The highest BCUT2D eigenvalue weighted by atomic mass is 35.5. The maximum absolute atomic E-state index is 13.1. The summed E-state index contributed by atoms with van der Waals surface area (Å²) in [4.78, 5) is 2.51. The van der Waals surface area contributed by atoms with Crippen molar-refractivity contribution in [1.82, 2.24) is 10.2 Å². The van der Waals surface area contributed by atoms with Gasteiger partial charge in [0.15, 0.2) is 0 Å². The summed E-state index contributed by atoms with van der Waals surface area (Å²) >= 11 is 0. The Balaban J connectivity index is 0.00000133. The van der Waals surface area contributed by atoms with E-state index in [9.17, 15) is 4.39 Å². The summed E-state index contributed by atoms with van der Waals surface area (Å²) in [5.74, 6) is -0.132. The van der Waals surface area contributed by atoms with E-state index in [0.717, 1.165) is 31.2 Å². The van der Waals surface area contributed by atoms with Gasteiger partial charge in [-0.3, -0.25) is 4.90 Å². The van der Waals surface area contributed by atoms with Gasteiger partial charge in [0.1, 0.15) is 5.82 Å². The van der Waals surface area contributed by atoms with Crippen LogP contribution in [-0.4, -0.2) is 30.1 Å². The lowest BCUT2D eigenvalue weighted by atomic mass is 10.1. The van der Waals surface area contributed by atoms with Crippen LogP contribution in [0.2, 0.25) is 0 Å². The number of fused-ring (bicyclic) bond motifs is 2. The minimum Gasteiger partial charge on any atom is -0.310 e. The highest BCUT2D eigenvalue weighted by molar-refractivity contribution is 5.85. The highest BCUT2D eigenvalue weighted by Crippen LogP contribution is 2.22. The zero-order valence-electron chi connectivity index (χ0n) is 11.4. The second kappa shape index (κ2) is 6.21. The number of rotatable bonds is 2. The van der Waals surface area contributed by atoms with E-state index in [1.54, 1.807) is 12.1 Å². The van der Waals surface area contributed by atoms with E-state index in [1.165, 1.54) is 24.8 Å². The van der Waals surface area contributed by atoms with Crippen molar-refractivity contribution in [2.75, 3.05) is 13.1 Å². The monoisotopic (exact) mass is 284 g/mol. The standard InChI is InChI=1S/C15H21FN2.ClH/c1-11-8-13(16)3-2-12(11)9-18-7-6-14-4-5-15(10-18)17-14;/h2-3,8,14-15,17H,4-7,9-10H2,1H3;1H. The number of aryl methyl sites for hydroxylation is 1. The Morgan fingerprint density at radius 3 is 2.84 bits per heavy atom. The molecule has 19 heavy (non-hydrogen) atoms. The fourth-order valence-electron chi connectivity index (χ4n) is 3.24. The molecule has 1 aromatic carbocycles. The fourth-order valence-corrected chi connectivity index (χ4v) is 3.24. The van der Waals surface area contributed by atoms with Gasteiger partial charge in [0.25, 0.3) is 0 Å². The number of halogens is 2. The lowest BCUT2D eigenvalue weighted by molar-refractivity contribution is 0.250. The summed E-state index contributed by atoms with van der Waals surface area (Å²) < 4.78 is 13.1. The minimum absolute atomic E-state index is 0. The quantitative estimate of drug-likeness (QED) is 0.898. The van der Waals surface area contributed by atoms with Gasteiger partial charge in [0.2, 0.25) is 0 Å². The number of hydrogen-bond donors (Lipinski definition) is 1. The number of benzene rings is 1. The molecule has 2 aliphatic rings. The van der Waals surface area contributed by atoms with Gasteiger partial charge < -0.3 is 5.32 Å². The highest BCUT2D eigenvalue weighted by Gasteiger charge is 2.29. The molecule has 106 valence electrons. The van der Waals surface area contributed by atoms with Crippen molar-refractivity contribution in [2.24, 2.45) is 0 Å². The van der Waals surface area contributed by atoms with E-state index in [4.69, 9.17) is 0 Å². The average Bonchev–Trinajstić information content (AvgIpc) is 2.66. The number of likely N-dealkylation sites (tertiary alicyclic amines) is 1. The van der Waals surface area contributed by atoms with E-state index in [0.29, 0.717) is 6.04 Å². The van der Waals surface area contributed by atoms with Crippen molar-refractivity contribution in [2.45, 2.75) is 44.8 Å². The maximum atomic E-state index is 13.1. The SMILES string of the molecule is Cc1cc(F)ccc1CN1CCC2CCC(C1)N2.Cl. The molecular formula is C15H22ClFN2. The molecule has 1 N–H and O–H groups in total. The van der Waals surface area contributed by atoms with E-state index >= 15 is 0 Å². The third-order valence-corrected chi connectivity index (χ3v) is 4.31. The van der Waals surface area contributed by atoms with Crippen molar-refractivity contribution >= 4 is 12.4 Å². The summed E-state index contributed by atoms with van der Waals surface area (Å²) in [6.07, 6.45) is 3.90. The van der Waals surface area contributed by atoms with Crippen molar-refractivity contribution in [1.29, 1.82) is 0 Å². The van der Waals surface area contributed by atoms with Gasteiger partial charge in [0, 0.05) is 31.7 Å². The molecule has 0 radical (unpaired) electrons. The van der Waals surface area contributed by atoms with Gasteiger partial charge in [-0.15, -0.1) is 12.4 Å². The Hall–Kier alpha value is -0.640. The van der Waals surface area contributed by atoms with Gasteiger partial charge >= 0.3 is 0 Å². The van der Waals surface area contributed by atoms with Gasteiger partial charge in [-0.2, -0.15) is 0 Å². The van der Waals surface area contributed by atoms with Crippen LogP contribution in [0.25, 0.3) is 0 Å². The second-order valence-electron chi connectivity index (χ2n) is 5.73. The van der Waals surface area contributed by atoms with Crippen molar-refractivity contribution in [3.05, 3.63) is 35.1 Å². The molecule has 2 heterocycles. The van der Waals surface area contributed by atoms with Gasteiger partial charge in [-0.05, 0) is 49.4 Å². The molecule has 0 saturated carbocycles. The van der Waals surface area contributed by atoms with Crippen LogP contribution in [0.3, 0.4) is 0 Å². The van der Waals surface area contributed by atoms with Gasteiger partial charge in [-0.25, -0.2) is 4.39 Å². The summed E-state index contributed by atoms with van der Waals surface area (Å²) in [6, 6.07) is 6.54. The number of nitrogens with zero attached hydrogens (tertiary/aromatic N) is 1. The van der Waals surface area contributed by atoms with Crippen LogP contribution in [0.15, 0.2) is 18.2 Å². The van der Waals surface area contributed by atoms with Gasteiger partial charge in [-0.1, -0.05) is 6.07 Å². The predicted octanol–water partition coefficient (Wildman–Crippen LogP) is 2.88. The molecule has 2 aliphatic heterocycles. The molecule has 0 aliphatic carbocycles. The largest absolute Gasteiger partial charge is 0.310 e. The molecule has 2 unspecified atom stereocenters. The normalized spacial score (nSPS) is 26.8. The van der Waals surface area contributed by atoms with Crippen molar-refractivity contribution in [3.8, 4) is 0 Å². The van der Waals surface area contributed by atoms with E-state index < -0.39 is 0 Å². The molecule has 2 atom stereocenters. The van der Waals surface area contributed by atoms with Crippen LogP contribution in [0.4, 0.5) is 4.39 Å². The van der Waals surface area contributed by atoms with Crippen LogP contribution >= 0.6 is 12.4 Å². The van der Waals surface area contributed by atoms with Crippen molar-refractivity contribution < 1.29 is 4.39 Å². The second-order valence-corrected chi connectivity index (χ2v) is 5.73. The predicted molar refractivity (Wildman–Crippen MR) is 78.2 cm³/mol. The Morgan fingerprint density at radius 2 is 2.05 bits per heavy atom. The first-order valence-electron chi connectivity index (χ1n) is 6.94. The molecule has 2 saturated heterocycles. The van der Waals surface area contributed by atoms with Crippen LogP contribution in [0.5, 0.6) is 0 Å². The molecule has 2 bridgehead atoms. The molecule has 4 heteroatoms. The number of hydrogen-bond acceptors (Lipinski definition) is 2. The van der Waals surface area contributed by atoms with E-state index in [-0.39, 0.29) is 18.2 Å². The summed E-state index contributed by atoms with van der Waals surface area (Å²) in [5.41, 5.74) is 2.33. The summed E-state index contributed by atoms with van der Waals surface area (Å²) in [6.45, 7) is 5.25. The van der Waals surface area contributed by atoms with E-state index in [1.807, 2.05) is 13.0 Å². The minimum atomic E-state index is -0.132. The fraction of sp³-hybridized carbons (Fsp3) is 0.600. The smallest absolute Gasteiger partial charge is 0.123 e.